The molecule has 0 fully saturated rings. The van der Waals surface area contributed by atoms with Crippen molar-refractivity contribution in [2.45, 2.75) is 19.4 Å². The molecule has 4 heteroatoms. The molecule has 0 spiro atoms. The van der Waals surface area contributed by atoms with Crippen molar-refractivity contribution in [2.75, 3.05) is 20.1 Å². The molecule has 0 radical (unpaired) electrons. The average molecular weight is 228 g/mol. The number of unbranched alkanes of at least 4 members (excludes halogenated alkanes) is 1. The van der Waals surface area contributed by atoms with Crippen molar-refractivity contribution in [3.8, 4) is 0 Å². The summed E-state index contributed by atoms with van der Waals surface area (Å²) in [7, 11) is 1.93. The van der Waals surface area contributed by atoms with E-state index in [0.717, 1.165) is 37.6 Å². The molecule has 0 bridgehead atoms. The fraction of sp³-hybridized carbons (Fsp3) is 0.500. The molecule has 0 aliphatic carbocycles. The standard InChI is InChI=1S/C12H18F2N2/c1-15-6-2-3-7-16-9-10-4-5-11(13)12(14)8-10/h4-5,8,15-16H,2-3,6-7,9H2,1H3. The summed E-state index contributed by atoms with van der Waals surface area (Å²) < 4.78 is 25.5. The van der Waals surface area contributed by atoms with Crippen molar-refractivity contribution >= 4 is 0 Å². The van der Waals surface area contributed by atoms with E-state index in [0.29, 0.717) is 6.54 Å². The largest absolute Gasteiger partial charge is 0.320 e. The fourth-order valence-corrected chi connectivity index (χ4v) is 1.43. The van der Waals surface area contributed by atoms with Gasteiger partial charge in [-0.1, -0.05) is 6.07 Å². The lowest BCUT2D eigenvalue weighted by Gasteiger charge is -2.05. The molecular formula is C12H18F2N2. The second-order valence-electron chi connectivity index (χ2n) is 3.74. The number of halogens is 2. The number of rotatable bonds is 7. The zero-order chi connectivity index (χ0) is 11.8. The van der Waals surface area contributed by atoms with Crippen LogP contribution in [0.4, 0.5) is 8.78 Å². The van der Waals surface area contributed by atoms with E-state index < -0.39 is 11.6 Å². The molecule has 16 heavy (non-hydrogen) atoms. The van der Waals surface area contributed by atoms with Crippen LogP contribution in [0.1, 0.15) is 18.4 Å². The summed E-state index contributed by atoms with van der Waals surface area (Å²) in [5.74, 6) is -1.58. The second-order valence-corrected chi connectivity index (χ2v) is 3.74. The number of nitrogens with one attached hydrogen (secondary N) is 2. The van der Waals surface area contributed by atoms with Crippen LogP contribution in [0, 0.1) is 11.6 Å². The Hall–Kier alpha value is -1.00. The molecule has 0 aliphatic rings. The van der Waals surface area contributed by atoms with E-state index in [4.69, 9.17) is 0 Å². The van der Waals surface area contributed by atoms with E-state index in [1.54, 1.807) is 6.07 Å². The van der Waals surface area contributed by atoms with Crippen molar-refractivity contribution in [2.24, 2.45) is 0 Å². The molecule has 0 unspecified atom stereocenters. The van der Waals surface area contributed by atoms with E-state index in [2.05, 4.69) is 10.6 Å². The van der Waals surface area contributed by atoms with Gasteiger partial charge in [-0.25, -0.2) is 8.78 Å². The molecule has 0 heterocycles. The van der Waals surface area contributed by atoms with E-state index >= 15 is 0 Å². The summed E-state index contributed by atoms with van der Waals surface area (Å²) in [6.07, 6.45) is 2.19. The highest BCUT2D eigenvalue weighted by Gasteiger charge is 2.01. The van der Waals surface area contributed by atoms with Gasteiger partial charge in [0, 0.05) is 6.54 Å². The van der Waals surface area contributed by atoms with Gasteiger partial charge in [-0.05, 0) is 50.7 Å². The van der Waals surface area contributed by atoms with Gasteiger partial charge in [-0.2, -0.15) is 0 Å². The smallest absolute Gasteiger partial charge is 0.159 e. The van der Waals surface area contributed by atoms with Crippen LogP contribution in [-0.4, -0.2) is 20.1 Å². The van der Waals surface area contributed by atoms with Crippen molar-refractivity contribution in [3.63, 3.8) is 0 Å². The quantitative estimate of drug-likeness (QED) is 0.698. The van der Waals surface area contributed by atoms with Crippen LogP contribution < -0.4 is 10.6 Å². The maximum atomic E-state index is 12.8. The molecule has 0 saturated heterocycles. The fourth-order valence-electron chi connectivity index (χ4n) is 1.43. The van der Waals surface area contributed by atoms with Gasteiger partial charge in [-0.3, -0.25) is 0 Å². The molecule has 1 rings (SSSR count). The van der Waals surface area contributed by atoms with Crippen molar-refractivity contribution < 1.29 is 8.78 Å². The van der Waals surface area contributed by atoms with Gasteiger partial charge in [0.2, 0.25) is 0 Å². The molecule has 1 aromatic rings. The third kappa shape index (κ3) is 4.68. The molecule has 90 valence electrons. The van der Waals surface area contributed by atoms with Crippen molar-refractivity contribution in [1.29, 1.82) is 0 Å². The summed E-state index contributed by atoms with van der Waals surface area (Å²) in [5, 5.41) is 6.26. The zero-order valence-electron chi connectivity index (χ0n) is 9.52. The highest BCUT2D eigenvalue weighted by Crippen LogP contribution is 2.08. The minimum atomic E-state index is -0.794. The predicted octanol–water partition coefficient (Wildman–Crippen LogP) is 2.05. The second kappa shape index (κ2) is 7.30. The third-order valence-electron chi connectivity index (χ3n) is 2.34. The SMILES string of the molecule is CNCCCCNCc1ccc(F)c(F)c1. The summed E-state index contributed by atoms with van der Waals surface area (Å²) in [5.41, 5.74) is 0.771. The predicted molar refractivity (Wildman–Crippen MR) is 61.2 cm³/mol. The van der Waals surface area contributed by atoms with E-state index in [1.807, 2.05) is 7.05 Å². The van der Waals surface area contributed by atoms with Crippen LogP contribution in [0.3, 0.4) is 0 Å². The van der Waals surface area contributed by atoms with Crippen molar-refractivity contribution in [1.82, 2.24) is 10.6 Å². The zero-order valence-corrected chi connectivity index (χ0v) is 9.52. The lowest BCUT2D eigenvalue weighted by Crippen LogP contribution is -2.16. The molecule has 0 aliphatic heterocycles. The first-order chi connectivity index (χ1) is 7.74. The Morgan fingerprint density at radius 1 is 1.06 bits per heavy atom. The van der Waals surface area contributed by atoms with Crippen molar-refractivity contribution in [3.05, 3.63) is 35.4 Å². The normalized spacial score (nSPS) is 10.7. The minimum Gasteiger partial charge on any atom is -0.320 e. The van der Waals surface area contributed by atoms with Crippen LogP contribution >= 0.6 is 0 Å². The summed E-state index contributed by atoms with van der Waals surface area (Å²) in [6, 6.07) is 3.99. The van der Waals surface area contributed by atoms with Crippen LogP contribution in [-0.2, 0) is 6.54 Å². The number of hydrogen-bond donors (Lipinski definition) is 2. The van der Waals surface area contributed by atoms with Gasteiger partial charge < -0.3 is 10.6 Å². The number of benzene rings is 1. The molecule has 0 aromatic heterocycles. The Bertz CT molecular complexity index is 316. The summed E-state index contributed by atoms with van der Waals surface area (Å²) in [4.78, 5) is 0. The van der Waals surface area contributed by atoms with Gasteiger partial charge in [0.25, 0.3) is 0 Å². The summed E-state index contributed by atoms with van der Waals surface area (Å²) in [6.45, 7) is 2.48. The Morgan fingerprint density at radius 2 is 1.81 bits per heavy atom. The average Bonchev–Trinajstić information content (AvgIpc) is 2.28. The Balaban J connectivity index is 2.19. The first-order valence-electron chi connectivity index (χ1n) is 5.53. The van der Waals surface area contributed by atoms with Gasteiger partial charge in [0.1, 0.15) is 0 Å². The van der Waals surface area contributed by atoms with Crippen LogP contribution in [0.2, 0.25) is 0 Å². The first kappa shape index (κ1) is 13.1. The molecule has 2 nitrogen and oxygen atoms in total. The van der Waals surface area contributed by atoms with Crippen LogP contribution in [0.5, 0.6) is 0 Å². The number of hydrogen-bond acceptors (Lipinski definition) is 2. The molecular weight excluding hydrogens is 210 g/mol. The lowest BCUT2D eigenvalue weighted by molar-refractivity contribution is 0.505. The Morgan fingerprint density at radius 3 is 2.50 bits per heavy atom. The lowest BCUT2D eigenvalue weighted by atomic mass is 10.2. The monoisotopic (exact) mass is 228 g/mol. The van der Waals surface area contributed by atoms with Crippen LogP contribution in [0.15, 0.2) is 18.2 Å². The van der Waals surface area contributed by atoms with E-state index in [-0.39, 0.29) is 0 Å². The van der Waals surface area contributed by atoms with E-state index in [1.165, 1.54) is 6.07 Å². The first-order valence-corrected chi connectivity index (χ1v) is 5.53. The van der Waals surface area contributed by atoms with Gasteiger partial charge in [0.15, 0.2) is 11.6 Å². The molecule has 1 aromatic carbocycles. The van der Waals surface area contributed by atoms with Crippen LogP contribution in [0.25, 0.3) is 0 Å². The molecule has 0 saturated carbocycles. The molecule has 0 amide bonds. The topological polar surface area (TPSA) is 24.1 Å². The highest BCUT2D eigenvalue weighted by molar-refractivity contribution is 5.17. The molecule has 2 N–H and O–H groups in total. The highest BCUT2D eigenvalue weighted by atomic mass is 19.2. The van der Waals surface area contributed by atoms with Gasteiger partial charge in [0.05, 0.1) is 0 Å². The minimum absolute atomic E-state index is 0.580. The molecule has 0 atom stereocenters. The Labute approximate surface area is 95.1 Å². The van der Waals surface area contributed by atoms with E-state index in [9.17, 15) is 8.78 Å². The maximum Gasteiger partial charge on any atom is 0.159 e. The van der Waals surface area contributed by atoms with Gasteiger partial charge >= 0.3 is 0 Å². The summed E-state index contributed by atoms with van der Waals surface area (Å²) >= 11 is 0. The van der Waals surface area contributed by atoms with Gasteiger partial charge in [-0.15, -0.1) is 0 Å². The maximum absolute atomic E-state index is 12.8. The third-order valence-corrected chi connectivity index (χ3v) is 2.34. The Kier molecular flexibility index (Phi) is 5.96.